The van der Waals surface area contributed by atoms with Gasteiger partial charge in [0.25, 0.3) is 11.8 Å². The molecule has 0 saturated heterocycles. The Hall–Kier alpha value is -5.27. The summed E-state index contributed by atoms with van der Waals surface area (Å²) >= 11 is 0. The van der Waals surface area contributed by atoms with Gasteiger partial charge in [-0.15, -0.1) is 0 Å². The summed E-state index contributed by atoms with van der Waals surface area (Å²) in [7, 11) is 0. The molecule has 0 aliphatic carbocycles. The molecule has 1 aliphatic heterocycles. The Labute approximate surface area is 278 Å². The van der Waals surface area contributed by atoms with Gasteiger partial charge in [0, 0.05) is 44.2 Å². The van der Waals surface area contributed by atoms with Crippen molar-refractivity contribution in [2.75, 3.05) is 13.1 Å². The smallest absolute Gasteiger partial charge is 0.274 e. The zero-order chi connectivity index (χ0) is 34.4. The number of hydrogen-bond acceptors (Lipinski definition) is 9. The van der Waals surface area contributed by atoms with Gasteiger partial charge in [0.1, 0.15) is 18.3 Å². The molecule has 48 heavy (non-hydrogen) atoms. The van der Waals surface area contributed by atoms with Gasteiger partial charge in [-0.25, -0.2) is 4.98 Å². The Kier molecular flexibility index (Phi) is 10.7. The molecule has 0 unspecified atom stereocenters. The van der Waals surface area contributed by atoms with Gasteiger partial charge in [0.2, 0.25) is 17.7 Å². The van der Waals surface area contributed by atoms with Crippen molar-refractivity contribution in [1.29, 1.82) is 0 Å². The van der Waals surface area contributed by atoms with E-state index in [0.29, 0.717) is 18.7 Å². The molecule has 254 valence electrons. The summed E-state index contributed by atoms with van der Waals surface area (Å²) in [6, 6.07) is 9.19. The van der Waals surface area contributed by atoms with Crippen LogP contribution in [0.2, 0.25) is 0 Å². The molecule has 4 heterocycles. The number of amides is 4. The van der Waals surface area contributed by atoms with E-state index in [1.165, 1.54) is 12.3 Å². The van der Waals surface area contributed by atoms with Crippen molar-refractivity contribution in [3.05, 3.63) is 88.2 Å². The minimum Gasteiger partial charge on any atom is -0.446 e. The number of nitrogens with zero attached hydrogens (tertiary/aromatic N) is 5. The van der Waals surface area contributed by atoms with E-state index in [-0.39, 0.29) is 61.6 Å². The third kappa shape index (κ3) is 8.35. The summed E-state index contributed by atoms with van der Waals surface area (Å²) in [5, 5.41) is 17.0. The number of benzene rings is 1. The lowest BCUT2D eigenvalue weighted by atomic mass is 10.0. The highest BCUT2D eigenvalue weighted by Crippen LogP contribution is 2.22. The van der Waals surface area contributed by atoms with Gasteiger partial charge in [0.15, 0.2) is 17.1 Å². The van der Waals surface area contributed by atoms with E-state index in [0.717, 1.165) is 22.5 Å². The van der Waals surface area contributed by atoms with E-state index in [4.69, 9.17) is 8.94 Å². The summed E-state index contributed by atoms with van der Waals surface area (Å²) in [4.78, 5) is 59.6. The number of fused-ring (bicyclic) bond motifs is 4. The number of nitrogens with one attached hydrogen (secondary N) is 3. The number of rotatable bonds is 7. The third-order valence-corrected chi connectivity index (χ3v) is 8.42. The van der Waals surface area contributed by atoms with Crippen molar-refractivity contribution in [1.82, 2.24) is 40.8 Å². The minimum atomic E-state index is -0.944. The largest absolute Gasteiger partial charge is 0.446 e. The molecule has 14 heteroatoms. The number of carbonyl (C=O) groups excluding carboxylic acids is 4. The number of aromatic nitrogens is 4. The average Bonchev–Trinajstić information content (AvgIpc) is 3.80. The molecule has 0 radical (unpaired) electrons. The molecule has 3 N–H and O–H groups in total. The highest BCUT2D eigenvalue weighted by Gasteiger charge is 2.28. The van der Waals surface area contributed by atoms with Crippen LogP contribution < -0.4 is 16.0 Å². The van der Waals surface area contributed by atoms with Crippen LogP contribution in [-0.4, -0.2) is 67.6 Å². The maximum Gasteiger partial charge on any atom is 0.274 e. The number of oxazole rings is 1. The van der Waals surface area contributed by atoms with Gasteiger partial charge >= 0.3 is 0 Å². The van der Waals surface area contributed by atoms with Crippen LogP contribution in [0.3, 0.4) is 0 Å². The lowest BCUT2D eigenvalue weighted by Crippen LogP contribution is -2.49. The average molecular weight is 659 g/mol. The SMILES string of the molecule is Cc1nn(CCC(=O)N2CCNC(=O)[C@H](Cc3ccccc3)NC(=O)c3coc(n3)[C@@H](CC(C)C)NC(=O)c3cc(on3)C2)c(C)c1C. The van der Waals surface area contributed by atoms with Crippen molar-refractivity contribution in [3.63, 3.8) is 0 Å². The van der Waals surface area contributed by atoms with Crippen LogP contribution in [-0.2, 0) is 29.1 Å². The standard InChI is InChI=1S/C34H42N8O6/c1-20(2)15-28-34-38-29(19-47-34)33(46)36-26(16-24-9-7-6-8-10-24)31(44)35-12-14-41(18-25-17-27(40-48-25)32(45)37-28)30(43)11-13-42-23(5)21(3)22(4)39-42/h6-10,17,19-20,26,28H,11-16,18H2,1-5H3,(H,35,44)(H,36,46)(H,37,45)/t26-,28+/m0/s1. The molecule has 0 saturated carbocycles. The molecule has 1 aliphatic rings. The first-order valence-electron chi connectivity index (χ1n) is 16.1. The van der Waals surface area contributed by atoms with E-state index in [1.807, 2.05) is 69.6 Å². The predicted molar refractivity (Wildman–Crippen MR) is 174 cm³/mol. The fourth-order valence-electron chi connectivity index (χ4n) is 5.54. The molecule has 3 aromatic heterocycles. The minimum absolute atomic E-state index is 0.0203. The van der Waals surface area contributed by atoms with Gasteiger partial charge in [-0.3, -0.25) is 23.9 Å². The third-order valence-electron chi connectivity index (χ3n) is 8.42. The van der Waals surface area contributed by atoms with Crippen molar-refractivity contribution in [3.8, 4) is 0 Å². The van der Waals surface area contributed by atoms with Crippen molar-refractivity contribution < 1.29 is 28.1 Å². The molecule has 2 atom stereocenters. The van der Waals surface area contributed by atoms with Crippen LogP contribution in [0.1, 0.15) is 87.9 Å². The van der Waals surface area contributed by atoms with Crippen LogP contribution in [0.25, 0.3) is 0 Å². The first kappa shape index (κ1) is 34.1. The summed E-state index contributed by atoms with van der Waals surface area (Å²) in [5.74, 6) is -1.16. The Morgan fingerprint density at radius 2 is 1.75 bits per heavy atom. The van der Waals surface area contributed by atoms with E-state index in [2.05, 4.69) is 31.2 Å². The number of carbonyl (C=O) groups is 4. The Morgan fingerprint density at radius 3 is 2.46 bits per heavy atom. The van der Waals surface area contributed by atoms with E-state index < -0.39 is 29.8 Å². The molecule has 14 nitrogen and oxygen atoms in total. The lowest BCUT2D eigenvalue weighted by Gasteiger charge is -2.23. The number of hydrogen-bond donors (Lipinski definition) is 3. The lowest BCUT2D eigenvalue weighted by molar-refractivity contribution is -0.133. The highest BCUT2D eigenvalue weighted by molar-refractivity contribution is 5.96. The maximum absolute atomic E-state index is 13.6. The zero-order valence-corrected chi connectivity index (χ0v) is 27.9. The second-order valence-corrected chi connectivity index (χ2v) is 12.5. The van der Waals surface area contributed by atoms with Gasteiger partial charge in [-0.1, -0.05) is 49.3 Å². The van der Waals surface area contributed by atoms with Crippen LogP contribution >= 0.6 is 0 Å². The van der Waals surface area contributed by atoms with Crippen LogP contribution in [0.5, 0.6) is 0 Å². The summed E-state index contributed by atoms with van der Waals surface area (Å²) in [6.07, 6.45) is 2.05. The molecular weight excluding hydrogens is 616 g/mol. The van der Waals surface area contributed by atoms with Crippen molar-refractivity contribution >= 4 is 23.6 Å². The fourth-order valence-corrected chi connectivity index (χ4v) is 5.54. The topological polar surface area (TPSA) is 177 Å². The first-order valence-corrected chi connectivity index (χ1v) is 16.1. The second kappa shape index (κ2) is 15.1. The Balaban J connectivity index is 1.42. The molecule has 1 aromatic carbocycles. The van der Waals surface area contributed by atoms with Crippen molar-refractivity contribution in [2.45, 2.75) is 79.1 Å². The fraction of sp³-hybridized carbons (Fsp3) is 0.441. The Morgan fingerprint density at radius 1 is 1.02 bits per heavy atom. The zero-order valence-electron chi connectivity index (χ0n) is 27.9. The van der Waals surface area contributed by atoms with Crippen molar-refractivity contribution in [2.24, 2.45) is 5.92 Å². The van der Waals surface area contributed by atoms with E-state index >= 15 is 0 Å². The van der Waals surface area contributed by atoms with E-state index in [9.17, 15) is 19.2 Å². The normalized spacial score (nSPS) is 17.8. The molecule has 4 bridgehead atoms. The quantitative estimate of drug-likeness (QED) is 0.269. The summed E-state index contributed by atoms with van der Waals surface area (Å²) in [5.41, 5.74) is 3.80. The van der Waals surface area contributed by atoms with Crippen LogP contribution in [0.4, 0.5) is 0 Å². The Bertz CT molecular complexity index is 1760. The van der Waals surface area contributed by atoms with Crippen LogP contribution in [0.15, 0.2) is 51.6 Å². The summed E-state index contributed by atoms with van der Waals surface area (Å²) in [6.45, 7) is 10.5. The first-order chi connectivity index (χ1) is 23.0. The molecule has 0 fully saturated rings. The monoisotopic (exact) mass is 658 g/mol. The van der Waals surface area contributed by atoms with Gasteiger partial charge in [0.05, 0.1) is 12.2 Å². The van der Waals surface area contributed by atoms with E-state index in [1.54, 1.807) is 4.90 Å². The molecule has 0 spiro atoms. The number of aryl methyl sites for hydroxylation is 2. The highest BCUT2D eigenvalue weighted by atomic mass is 16.5. The molecule has 5 rings (SSSR count). The van der Waals surface area contributed by atoms with Gasteiger partial charge < -0.3 is 29.8 Å². The molecule has 4 amide bonds. The second-order valence-electron chi connectivity index (χ2n) is 12.5. The van der Waals surface area contributed by atoms with Gasteiger partial charge in [-0.05, 0) is 44.2 Å². The summed E-state index contributed by atoms with van der Waals surface area (Å²) < 4.78 is 13.0. The predicted octanol–water partition coefficient (Wildman–Crippen LogP) is 3.19. The maximum atomic E-state index is 13.6. The molecule has 4 aromatic rings. The van der Waals surface area contributed by atoms with Gasteiger partial charge in [-0.2, -0.15) is 5.10 Å². The molecular formula is C34H42N8O6. The van der Waals surface area contributed by atoms with Crippen LogP contribution in [0, 0.1) is 26.7 Å².